The maximum Gasteiger partial charge on any atom is 0.267 e. The van der Waals surface area contributed by atoms with Crippen molar-refractivity contribution in [1.29, 1.82) is 0 Å². The van der Waals surface area contributed by atoms with E-state index in [9.17, 15) is 4.79 Å². The van der Waals surface area contributed by atoms with Crippen LogP contribution in [0.15, 0.2) is 11.0 Å². The number of nitrogens with one attached hydrogen (secondary N) is 1. The molecule has 0 fully saturated rings. The van der Waals surface area contributed by atoms with E-state index < -0.39 is 0 Å². The van der Waals surface area contributed by atoms with Gasteiger partial charge in [0.1, 0.15) is 0 Å². The zero-order valence-electron chi connectivity index (χ0n) is 6.51. The lowest BCUT2D eigenvalue weighted by Crippen LogP contribution is -2.07. The summed E-state index contributed by atoms with van der Waals surface area (Å²) in [6.07, 6.45) is 1.83. The fraction of sp³-hybridized carbons (Fsp3) is 0.571. The summed E-state index contributed by atoms with van der Waals surface area (Å²) in [5, 5.41) is 2.65. The third-order valence-corrected chi connectivity index (χ3v) is 1.49. The van der Waals surface area contributed by atoms with Crippen LogP contribution in [0.1, 0.15) is 25.3 Å². The standard InChI is InChI=1S/C7H12N2O/c1-5(2)6-4-9(3)8-7(6)10/h4-5H,1-3H3,(H,8,10). The molecule has 0 radical (unpaired) electrons. The first-order valence-electron chi connectivity index (χ1n) is 3.37. The molecular weight excluding hydrogens is 128 g/mol. The van der Waals surface area contributed by atoms with Crippen molar-refractivity contribution in [3.8, 4) is 0 Å². The number of hydrogen-bond acceptors (Lipinski definition) is 1. The van der Waals surface area contributed by atoms with Gasteiger partial charge in [-0.3, -0.25) is 14.6 Å². The van der Waals surface area contributed by atoms with Crippen molar-refractivity contribution >= 4 is 0 Å². The molecule has 0 aliphatic heterocycles. The molecule has 0 saturated carbocycles. The molecule has 0 atom stereocenters. The van der Waals surface area contributed by atoms with Crippen molar-refractivity contribution in [2.45, 2.75) is 19.8 Å². The van der Waals surface area contributed by atoms with Gasteiger partial charge in [0.25, 0.3) is 5.56 Å². The molecule has 3 nitrogen and oxygen atoms in total. The summed E-state index contributed by atoms with van der Waals surface area (Å²) in [5.74, 6) is 0.310. The second-order valence-electron chi connectivity index (χ2n) is 2.79. The second-order valence-corrected chi connectivity index (χ2v) is 2.79. The van der Waals surface area contributed by atoms with Crippen LogP contribution < -0.4 is 5.56 Å². The first-order valence-corrected chi connectivity index (χ1v) is 3.37. The Labute approximate surface area is 59.7 Å². The second kappa shape index (κ2) is 2.33. The van der Waals surface area contributed by atoms with Crippen LogP contribution >= 0.6 is 0 Å². The Morgan fingerprint density at radius 1 is 1.60 bits per heavy atom. The molecule has 0 aliphatic rings. The van der Waals surface area contributed by atoms with Crippen LogP contribution in [-0.4, -0.2) is 9.78 Å². The predicted octanol–water partition coefficient (Wildman–Crippen LogP) is 0.837. The summed E-state index contributed by atoms with van der Waals surface area (Å²) in [6.45, 7) is 4.01. The van der Waals surface area contributed by atoms with Crippen molar-refractivity contribution in [3.05, 3.63) is 22.1 Å². The van der Waals surface area contributed by atoms with E-state index in [0.29, 0.717) is 5.92 Å². The summed E-state index contributed by atoms with van der Waals surface area (Å²) in [4.78, 5) is 11.0. The van der Waals surface area contributed by atoms with Crippen molar-refractivity contribution in [1.82, 2.24) is 9.78 Å². The van der Waals surface area contributed by atoms with Gasteiger partial charge in [0, 0.05) is 18.8 Å². The molecule has 0 spiro atoms. The minimum absolute atomic E-state index is 0.0255. The quantitative estimate of drug-likeness (QED) is 0.616. The van der Waals surface area contributed by atoms with Gasteiger partial charge < -0.3 is 0 Å². The average molecular weight is 140 g/mol. The topological polar surface area (TPSA) is 37.8 Å². The van der Waals surface area contributed by atoms with Gasteiger partial charge in [0.15, 0.2) is 0 Å². The SMILES string of the molecule is CC(C)c1cn(C)[nH]c1=O. The average Bonchev–Trinajstić information content (AvgIpc) is 2.10. The highest BCUT2D eigenvalue weighted by molar-refractivity contribution is 5.08. The molecule has 0 saturated heterocycles. The minimum atomic E-state index is 0.0255. The van der Waals surface area contributed by atoms with Gasteiger partial charge in [0.2, 0.25) is 0 Å². The van der Waals surface area contributed by atoms with E-state index in [1.807, 2.05) is 27.1 Å². The van der Waals surface area contributed by atoms with E-state index in [2.05, 4.69) is 5.10 Å². The summed E-state index contributed by atoms with van der Waals surface area (Å²) in [5.41, 5.74) is 0.875. The third kappa shape index (κ3) is 1.12. The Kier molecular flexibility index (Phi) is 1.66. The van der Waals surface area contributed by atoms with Crippen LogP contribution in [0, 0.1) is 0 Å². The Hall–Kier alpha value is -0.990. The van der Waals surface area contributed by atoms with Crippen molar-refractivity contribution in [2.75, 3.05) is 0 Å². The van der Waals surface area contributed by atoms with Gasteiger partial charge in [-0.1, -0.05) is 13.8 Å². The summed E-state index contributed by atoms with van der Waals surface area (Å²) < 4.78 is 1.68. The monoisotopic (exact) mass is 140 g/mol. The summed E-state index contributed by atoms with van der Waals surface area (Å²) in [6, 6.07) is 0. The van der Waals surface area contributed by atoms with Gasteiger partial charge >= 0.3 is 0 Å². The summed E-state index contributed by atoms with van der Waals surface area (Å²) in [7, 11) is 1.81. The highest BCUT2D eigenvalue weighted by atomic mass is 16.1. The fourth-order valence-electron chi connectivity index (χ4n) is 0.936. The molecule has 1 rings (SSSR count). The molecule has 3 heteroatoms. The van der Waals surface area contributed by atoms with Gasteiger partial charge in [-0.2, -0.15) is 0 Å². The zero-order valence-corrected chi connectivity index (χ0v) is 6.51. The normalized spacial score (nSPS) is 10.8. The number of rotatable bonds is 1. The molecule has 1 heterocycles. The molecule has 56 valence electrons. The Bertz CT molecular complexity index is 269. The highest BCUT2D eigenvalue weighted by Gasteiger charge is 2.04. The lowest BCUT2D eigenvalue weighted by atomic mass is 10.1. The van der Waals surface area contributed by atoms with Gasteiger partial charge in [-0.15, -0.1) is 0 Å². The van der Waals surface area contributed by atoms with Crippen LogP contribution in [0.5, 0.6) is 0 Å². The van der Waals surface area contributed by atoms with Gasteiger partial charge in [-0.25, -0.2) is 0 Å². The number of aryl methyl sites for hydroxylation is 1. The number of nitrogens with zero attached hydrogens (tertiary/aromatic N) is 1. The molecule has 0 unspecified atom stereocenters. The lowest BCUT2D eigenvalue weighted by Gasteiger charge is -1.94. The minimum Gasteiger partial charge on any atom is -0.295 e. The van der Waals surface area contributed by atoms with Crippen molar-refractivity contribution < 1.29 is 0 Å². The number of H-pyrrole nitrogens is 1. The maximum atomic E-state index is 11.0. The summed E-state index contributed by atoms with van der Waals surface area (Å²) >= 11 is 0. The van der Waals surface area contributed by atoms with Gasteiger partial charge in [0.05, 0.1) is 0 Å². The molecule has 10 heavy (non-hydrogen) atoms. The van der Waals surface area contributed by atoms with E-state index in [1.165, 1.54) is 0 Å². The molecular formula is C7H12N2O. The van der Waals surface area contributed by atoms with Crippen molar-refractivity contribution in [3.63, 3.8) is 0 Å². The van der Waals surface area contributed by atoms with E-state index in [4.69, 9.17) is 0 Å². The molecule has 0 bridgehead atoms. The lowest BCUT2D eigenvalue weighted by molar-refractivity contribution is 0.756. The number of aromatic nitrogens is 2. The maximum absolute atomic E-state index is 11.0. The van der Waals surface area contributed by atoms with Crippen LogP contribution in [-0.2, 0) is 7.05 Å². The molecule has 1 aromatic heterocycles. The Morgan fingerprint density at radius 2 is 2.20 bits per heavy atom. The smallest absolute Gasteiger partial charge is 0.267 e. The largest absolute Gasteiger partial charge is 0.295 e. The molecule has 0 amide bonds. The number of aromatic amines is 1. The van der Waals surface area contributed by atoms with E-state index in [1.54, 1.807) is 4.68 Å². The van der Waals surface area contributed by atoms with Crippen LogP contribution in [0.2, 0.25) is 0 Å². The highest BCUT2D eigenvalue weighted by Crippen LogP contribution is 2.06. The Morgan fingerprint density at radius 3 is 2.40 bits per heavy atom. The molecule has 1 aromatic rings. The van der Waals surface area contributed by atoms with Crippen LogP contribution in [0.4, 0.5) is 0 Å². The first-order chi connectivity index (χ1) is 4.61. The molecule has 1 N–H and O–H groups in total. The van der Waals surface area contributed by atoms with E-state index >= 15 is 0 Å². The molecule has 0 aliphatic carbocycles. The van der Waals surface area contributed by atoms with Crippen LogP contribution in [0.3, 0.4) is 0 Å². The third-order valence-electron chi connectivity index (χ3n) is 1.49. The number of hydrogen-bond donors (Lipinski definition) is 1. The van der Waals surface area contributed by atoms with Crippen LogP contribution in [0.25, 0.3) is 0 Å². The Balaban J connectivity index is 3.16. The molecule has 0 aromatic carbocycles. The van der Waals surface area contributed by atoms with E-state index in [0.717, 1.165) is 5.56 Å². The van der Waals surface area contributed by atoms with E-state index in [-0.39, 0.29) is 5.56 Å². The zero-order chi connectivity index (χ0) is 7.72. The fourth-order valence-corrected chi connectivity index (χ4v) is 0.936. The predicted molar refractivity (Wildman–Crippen MR) is 40.1 cm³/mol. The first kappa shape index (κ1) is 7.12. The van der Waals surface area contributed by atoms with Crippen molar-refractivity contribution in [2.24, 2.45) is 7.05 Å². The van der Waals surface area contributed by atoms with Gasteiger partial charge in [-0.05, 0) is 5.92 Å².